The van der Waals surface area contributed by atoms with E-state index < -0.39 is 10.0 Å². The van der Waals surface area contributed by atoms with Crippen molar-refractivity contribution in [3.8, 4) is 5.75 Å². The standard InChI is InChI=1S/C13H20N2O4S/c1-3-20(17,18)15-9-8-14-13(16)10-11-4-6-12(19-2)7-5-11/h4-7,15H,3,8-10H2,1-2H3,(H,14,16). The molecule has 0 aliphatic rings. The monoisotopic (exact) mass is 300 g/mol. The van der Waals surface area contributed by atoms with Gasteiger partial charge in [0.2, 0.25) is 15.9 Å². The highest BCUT2D eigenvalue weighted by atomic mass is 32.2. The molecule has 0 fully saturated rings. The maximum atomic E-state index is 11.6. The molecule has 0 aliphatic heterocycles. The molecule has 7 heteroatoms. The number of carbonyl (C=O) groups excluding carboxylic acids is 1. The quantitative estimate of drug-likeness (QED) is 0.676. The van der Waals surface area contributed by atoms with Crippen molar-refractivity contribution in [2.24, 2.45) is 0 Å². The molecule has 0 aromatic heterocycles. The minimum Gasteiger partial charge on any atom is -0.497 e. The lowest BCUT2D eigenvalue weighted by atomic mass is 10.1. The summed E-state index contributed by atoms with van der Waals surface area (Å²) in [6.07, 6.45) is 0.254. The van der Waals surface area contributed by atoms with Crippen molar-refractivity contribution in [1.82, 2.24) is 10.0 Å². The van der Waals surface area contributed by atoms with Crippen molar-refractivity contribution < 1.29 is 17.9 Å². The molecule has 1 rings (SSSR count). The lowest BCUT2D eigenvalue weighted by Crippen LogP contribution is -2.35. The third kappa shape index (κ3) is 6.03. The zero-order chi connectivity index (χ0) is 15.0. The first-order valence-corrected chi connectivity index (χ1v) is 7.99. The van der Waals surface area contributed by atoms with Crippen molar-refractivity contribution in [2.45, 2.75) is 13.3 Å². The van der Waals surface area contributed by atoms with Crippen molar-refractivity contribution in [1.29, 1.82) is 0 Å². The Hall–Kier alpha value is -1.60. The Labute approximate surface area is 119 Å². The number of hydrogen-bond acceptors (Lipinski definition) is 4. The molecule has 0 bridgehead atoms. The summed E-state index contributed by atoms with van der Waals surface area (Å²) in [5.74, 6) is 0.626. The Morgan fingerprint density at radius 2 is 1.85 bits per heavy atom. The van der Waals surface area contributed by atoms with Gasteiger partial charge < -0.3 is 10.1 Å². The fourth-order valence-electron chi connectivity index (χ4n) is 1.50. The molecule has 1 aromatic rings. The number of amides is 1. The molecule has 0 heterocycles. The summed E-state index contributed by atoms with van der Waals surface area (Å²) in [5, 5.41) is 2.66. The van der Waals surface area contributed by atoms with Crippen LogP contribution in [0.25, 0.3) is 0 Å². The van der Waals surface area contributed by atoms with Crippen LogP contribution in [-0.4, -0.2) is 40.3 Å². The molecule has 0 radical (unpaired) electrons. The van der Waals surface area contributed by atoms with E-state index in [1.54, 1.807) is 26.2 Å². The summed E-state index contributed by atoms with van der Waals surface area (Å²) >= 11 is 0. The van der Waals surface area contributed by atoms with Crippen molar-refractivity contribution in [3.05, 3.63) is 29.8 Å². The van der Waals surface area contributed by atoms with E-state index in [1.807, 2.05) is 12.1 Å². The number of methoxy groups -OCH3 is 1. The van der Waals surface area contributed by atoms with E-state index in [-0.39, 0.29) is 31.2 Å². The van der Waals surface area contributed by atoms with Gasteiger partial charge >= 0.3 is 0 Å². The van der Waals surface area contributed by atoms with Gasteiger partial charge in [0.15, 0.2) is 0 Å². The number of benzene rings is 1. The molecule has 20 heavy (non-hydrogen) atoms. The third-order valence-electron chi connectivity index (χ3n) is 2.67. The highest BCUT2D eigenvalue weighted by Gasteiger charge is 2.06. The van der Waals surface area contributed by atoms with Crippen LogP contribution in [0.1, 0.15) is 12.5 Å². The van der Waals surface area contributed by atoms with Crippen molar-refractivity contribution >= 4 is 15.9 Å². The van der Waals surface area contributed by atoms with Gasteiger partial charge in [-0.1, -0.05) is 12.1 Å². The minimum absolute atomic E-state index is 0.0345. The van der Waals surface area contributed by atoms with Crippen LogP contribution in [0.3, 0.4) is 0 Å². The molecule has 112 valence electrons. The number of nitrogens with one attached hydrogen (secondary N) is 2. The molecule has 0 saturated carbocycles. The average Bonchev–Trinajstić information content (AvgIpc) is 2.44. The maximum Gasteiger partial charge on any atom is 0.224 e. The molecule has 0 spiro atoms. The van der Waals surface area contributed by atoms with Gasteiger partial charge in [-0.05, 0) is 24.6 Å². The van der Waals surface area contributed by atoms with E-state index >= 15 is 0 Å². The second-order valence-electron chi connectivity index (χ2n) is 4.17. The van der Waals surface area contributed by atoms with E-state index in [9.17, 15) is 13.2 Å². The van der Waals surface area contributed by atoms with Crippen molar-refractivity contribution in [3.63, 3.8) is 0 Å². The lowest BCUT2D eigenvalue weighted by molar-refractivity contribution is -0.120. The molecule has 1 aromatic carbocycles. The summed E-state index contributed by atoms with van der Waals surface area (Å²) in [4.78, 5) is 11.6. The smallest absolute Gasteiger partial charge is 0.224 e. The molecule has 0 saturated heterocycles. The topological polar surface area (TPSA) is 84.5 Å². The van der Waals surface area contributed by atoms with Gasteiger partial charge in [0.1, 0.15) is 5.75 Å². The third-order valence-corrected chi connectivity index (χ3v) is 4.08. The molecular weight excluding hydrogens is 280 g/mol. The SMILES string of the molecule is CCS(=O)(=O)NCCNC(=O)Cc1ccc(OC)cc1. The van der Waals surface area contributed by atoms with Gasteiger partial charge in [-0.2, -0.15) is 0 Å². The fraction of sp³-hybridized carbons (Fsp3) is 0.462. The molecule has 0 aliphatic carbocycles. The zero-order valence-electron chi connectivity index (χ0n) is 11.7. The van der Waals surface area contributed by atoms with Crippen LogP contribution in [0, 0.1) is 0 Å². The molecule has 0 unspecified atom stereocenters. The van der Waals surface area contributed by atoms with Crippen LogP contribution in [0.4, 0.5) is 0 Å². The van der Waals surface area contributed by atoms with E-state index in [1.165, 1.54) is 0 Å². The van der Waals surface area contributed by atoms with E-state index in [0.717, 1.165) is 11.3 Å². The first-order chi connectivity index (χ1) is 9.46. The Morgan fingerprint density at radius 1 is 1.20 bits per heavy atom. The summed E-state index contributed by atoms with van der Waals surface area (Å²) in [5.41, 5.74) is 0.873. The van der Waals surface area contributed by atoms with Gasteiger partial charge in [-0.15, -0.1) is 0 Å². The van der Waals surface area contributed by atoms with Gasteiger partial charge in [-0.3, -0.25) is 4.79 Å². The van der Waals surface area contributed by atoms with Crippen molar-refractivity contribution in [2.75, 3.05) is 26.0 Å². The minimum atomic E-state index is -3.20. The Kier molecular flexibility index (Phi) is 6.47. The van der Waals surface area contributed by atoms with Crippen LogP contribution >= 0.6 is 0 Å². The predicted octanol–water partition coefficient (Wildman–Crippen LogP) is 0.293. The van der Waals surface area contributed by atoms with E-state index in [0.29, 0.717) is 0 Å². The molecular formula is C13H20N2O4S. The average molecular weight is 300 g/mol. The van der Waals surface area contributed by atoms with Crippen LogP contribution in [0.15, 0.2) is 24.3 Å². The number of rotatable bonds is 8. The van der Waals surface area contributed by atoms with Crippen LogP contribution in [0.5, 0.6) is 5.75 Å². The number of carbonyl (C=O) groups is 1. The van der Waals surface area contributed by atoms with Gasteiger partial charge in [-0.25, -0.2) is 13.1 Å². The van der Waals surface area contributed by atoms with Gasteiger partial charge in [0.25, 0.3) is 0 Å². The maximum absolute atomic E-state index is 11.6. The second kappa shape index (κ2) is 7.86. The predicted molar refractivity (Wildman–Crippen MR) is 77.2 cm³/mol. The normalized spacial score (nSPS) is 11.1. The highest BCUT2D eigenvalue weighted by Crippen LogP contribution is 2.11. The Morgan fingerprint density at radius 3 is 2.40 bits per heavy atom. The highest BCUT2D eigenvalue weighted by molar-refractivity contribution is 7.89. The second-order valence-corrected chi connectivity index (χ2v) is 6.27. The van der Waals surface area contributed by atoms with E-state index in [4.69, 9.17) is 4.74 Å². The number of ether oxygens (including phenoxy) is 1. The first-order valence-electron chi connectivity index (χ1n) is 6.34. The molecule has 2 N–H and O–H groups in total. The summed E-state index contributed by atoms with van der Waals surface area (Å²) in [6.45, 7) is 2.03. The van der Waals surface area contributed by atoms with Crippen LogP contribution < -0.4 is 14.8 Å². The Balaban J connectivity index is 2.29. The largest absolute Gasteiger partial charge is 0.497 e. The lowest BCUT2D eigenvalue weighted by Gasteiger charge is -2.07. The fourth-order valence-corrected chi connectivity index (χ4v) is 2.12. The van der Waals surface area contributed by atoms with Crippen LogP contribution in [0.2, 0.25) is 0 Å². The Bertz CT molecular complexity index is 526. The summed E-state index contributed by atoms with van der Waals surface area (Å²) in [7, 11) is -1.62. The molecule has 1 amide bonds. The van der Waals surface area contributed by atoms with Gasteiger partial charge in [0.05, 0.1) is 19.3 Å². The number of hydrogen-bond donors (Lipinski definition) is 2. The van der Waals surface area contributed by atoms with Gasteiger partial charge in [0, 0.05) is 13.1 Å². The van der Waals surface area contributed by atoms with Crippen LogP contribution in [-0.2, 0) is 21.2 Å². The first kappa shape index (κ1) is 16.5. The number of sulfonamides is 1. The summed E-state index contributed by atoms with van der Waals surface area (Å²) < 4.78 is 29.7. The van der Waals surface area contributed by atoms with E-state index in [2.05, 4.69) is 10.0 Å². The molecule has 0 atom stereocenters. The molecule has 6 nitrogen and oxygen atoms in total. The zero-order valence-corrected chi connectivity index (χ0v) is 12.5. The summed E-state index contributed by atoms with van der Waals surface area (Å²) in [6, 6.07) is 7.21.